The fraction of sp³-hybridized carbons (Fsp3) is 0.368. The molecule has 0 bridgehead atoms. The molecule has 1 amide bonds. The normalized spacial score (nSPS) is 15.1. The second-order valence-electron chi connectivity index (χ2n) is 6.59. The first-order valence-corrected chi connectivity index (χ1v) is 8.92. The third-order valence-electron chi connectivity index (χ3n) is 4.55. The Hall–Kier alpha value is -3.04. The van der Waals surface area contributed by atoms with Gasteiger partial charge in [-0.25, -0.2) is 5.43 Å². The lowest BCUT2D eigenvalue weighted by molar-refractivity contribution is -0.384. The first-order chi connectivity index (χ1) is 13.4. The minimum absolute atomic E-state index is 0.0141. The maximum absolute atomic E-state index is 11.9. The number of carbonyl (C=O) groups is 1. The third-order valence-corrected chi connectivity index (χ3v) is 4.55. The van der Waals surface area contributed by atoms with Crippen LogP contribution in [0.15, 0.2) is 33.8 Å². The zero-order valence-corrected chi connectivity index (χ0v) is 15.8. The Balaban J connectivity index is 1.66. The highest BCUT2D eigenvalue weighted by molar-refractivity contribution is 5.82. The van der Waals surface area contributed by atoms with Crippen LogP contribution in [0.2, 0.25) is 0 Å². The summed E-state index contributed by atoms with van der Waals surface area (Å²) in [5.74, 6) is 0.528. The van der Waals surface area contributed by atoms with Gasteiger partial charge in [-0.3, -0.25) is 19.8 Å². The molecule has 1 fully saturated rings. The summed E-state index contributed by atoms with van der Waals surface area (Å²) in [4.78, 5) is 24.8. The molecule has 3 rings (SSSR count). The maximum atomic E-state index is 11.9. The molecule has 0 atom stereocenters. The molecule has 1 saturated heterocycles. The van der Waals surface area contributed by atoms with Gasteiger partial charge in [-0.2, -0.15) is 5.10 Å². The molecule has 1 aliphatic rings. The Kier molecular flexibility index (Phi) is 6.17. The Bertz CT molecular complexity index is 900. The molecule has 0 aliphatic carbocycles. The van der Waals surface area contributed by atoms with E-state index in [1.807, 2.05) is 18.7 Å². The van der Waals surface area contributed by atoms with E-state index in [0.29, 0.717) is 43.4 Å². The minimum Gasteiger partial charge on any atom is -0.455 e. The number of hydrogen-bond donors (Lipinski definition) is 1. The van der Waals surface area contributed by atoms with E-state index in [1.165, 1.54) is 12.3 Å². The van der Waals surface area contributed by atoms with Crippen molar-refractivity contribution in [1.29, 1.82) is 0 Å². The van der Waals surface area contributed by atoms with Gasteiger partial charge < -0.3 is 9.15 Å². The van der Waals surface area contributed by atoms with Gasteiger partial charge in [0.2, 0.25) is 0 Å². The predicted molar refractivity (Wildman–Crippen MR) is 103 cm³/mol. The van der Waals surface area contributed by atoms with E-state index in [4.69, 9.17) is 9.15 Å². The van der Waals surface area contributed by atoms with Crippen molar-refractivity contribution in [2.45, 2.75) is 13.8 Å². The standard InChI is InChI=1S/C19H22N4O5/c1-13-9-16(17(23(25)26)10-14(13)2)18-4-3-15(28-18)11-20-21-19(24)12-22-5-7-27-8-6-22/h3-4,9-11H,5-8,12H2,1-2H3,(H,21,24)/b20-11+. The van der Waals surface area contributed by atoms with Crippen molar-refractivity contribution >= 4 is 17.8 Å². The van der Waals surface area contributed by atoms with Gasteiger partial charge in [0.25, 0.3) is 11.6 Å². The average Bonchev–Trinajstić information content (AvgIpc) is 3.13. The summed E-state index contributed by atoms with van der Waals surface area (Å²) in [6, 6.07) is 6.56. The summed E-state index contributed by atoms with van der Waals surface area (Å²) in [6.07, 6.45) is 1.37. The van der Waals surface area contributed by atoms with Crippen molar-refractivity contribution in [3.05, 3.63) is 51.3 Å². The van der Waals surface area contributed by atoms with Gasteiger partial charge in [-0.05, 0) is 43.2 Å². The van der Waals surface area contributed by atoms with E-state index in [0.717, 1.165) is 11.1 Å². The number of benzene rings is 1. The minimum atomic E-state index is -0.427. The number of morpholine rings is 1. The fourth-order valence-corrected chi connectivity index (χ4v) is 2.88. The van der Waals surface area contributed by atoms with Crippen LogP contribution in [0.3, 0.4) is 0 Å². The van der Waals surface area contributed by atoms with Crippen LogP contribution in [-0.2, 0) is 9.53 Å². The molecule has 148 valence electrons. The molecule has 0 unspecified atom stereocenters. The first-order valence-electron chi connectivity index (χ1n) is 8.92. The summed E-state index contributed by atoms with van der Waals surface area (Å²) in [6.45, 7) is 6.64. The Morgan fingerprint density at radius 2 is 2.00 bits per heavy atom. The van der Waals surface area contributed by atoms with Gasteiger partial charge in [0.05, 0.1) is 36.5 Å². The number of aryl methyl sites for hydroxylation is 2. The first kappa shape index (κ1) is 19.7. The highest BCUT2D eigenvalue weighted by atomic mass is 16.6. The van der Waals surface area contributed by atoms with Gasteiger partial charge in [-0.1, -0.05) is 0 Å². The van der Waals surface area contributed by atoms with E-state index in [9.17, 15) is 14.9 Å². The van der Waals surface area contributed by atoms with Gasteiger partial charge in [0.15, 0.2) is 0 Å². The summed E-state index contributed by atoms with van der Waals surface area (Å²) < 4.78 is 10.9. The summed E-state index contributed by atoms with van der Waals surface area (Å²) in [5, 5.41) is 15.2. The van der Waals surface area contributed by atoms with Gasteiger partial charge in [-0.15, -0.1) is 0 Å². The molecule has 1 aromatic heterocycles. The van der Waals surface area contributed by atoms with Gasteiger partial charge >= 0.3 is 0 Å². The molecule has 1 aliphatic heterocycles. The second-order valence-corrected chi connectivity index (χ2v) is 6.59. The number of nitrogens with one attached hydrogen (secondary N) is 1. The van der Waals surface area contributed by atoms with E-state index < -0.39 is 4.92 Å². The van der Waals surface area contributed by atoms with E-state index >= 15 is 0 Å². The van der Waals surface area contributed by atoms with Gasteiger partial charge in [0.1, 0.15) is 11.5 Å². The number of nitrogens with zero attached hydrogens (tertiary/aromatic N) is 3. The number of hydrazone groups is 1. The molecule has 0 radical (unpaired) electrons. The third kappa shape index (κ3) is 4.81. The van der Waals surface area contributed by atoms with E-state index in [2.05, 4.69) is 10.5 Å². The maximum Gasteiger partial charge on any atom is 0.280 e. The van der Waals surface area contributed by atoms with Crippen molar-refractivity contribution in [2.75, 3.05) is 32.8 Å². The number of rotatable bonds is 6. The Morgan fingerprint density at radius 3 is 2.71 bits per heavy atom. The molecule has 2 heterocycles. The topological polar surface area (TPSA) is 110 Å². The molecule has 1 N–H and O–H groups in total. The highest BCUT2D eigenvalue weighted by Crippen LogP contribution is 2.33. The van der Waals surface area contributed by atoms with Crippen LogP contribution < -0.4 is 5.43 Å². The van der Waals surface area contributed by atoms with Crippen LogP contribution in [-0.4, -0.2) is 54.8 Å². The monoisotopic (exact) mass is 386 g/mol. The molecule has 0 spiro atoms. The number of nitro benzene ring substituents is 1. The fourth-order valence-electron chi connectivity index (χ4n) is 2.88. The highest BCUT2D eigenvalue weighted by Gasteiger charge is 2.19. The second kappa shape index (κ2) is 8.77. The average molecular weight is 386 g/mol. The van der Waals surface area contributed by atoms with Gasteiger partial charge in [0, 0.05) is 19.2 Å². The number of amides is 1. The van der Waals surface area contributed by atoms with Crippen molar-refractivity contribution < 1.29 is 18.9 Å². The van der Waals surface area contributed by atoms with Crippen LogP contribution in [0.4, 0.5) is 5.69 Å². The smallest absolute Gasteiger partial charge is 0.280 e. The molecule has 0 saturated carbocycles. The summed E-state index contributed by atoms with van der Waals surface area (Å²) in [5.41, 5.74) is 4.62. The van der Waals surface area contributed by atoms with E-state index in [-0.39, 0.29) is 18.1 Å². The quantitative estimate of drug-likeness (QED) is 0.463. The number of furan rings is 1. The molecule has 1 aromatic carbocycles. The largest absolute Gasteiger partial charge is 0.455 e. The van der Waals surface area contributed by atoms with Crippen LogP contribution in [0.5, 0.6) is 0 Å². The zero-order chi connectivity index (χ0) is 20.1. The van der Waals surface area contributed by atoms with Crippen molar-refractivity contribution in [2.24, 2.45) is 5.10 Å². The van der Waals surface area contributed by atoms with Crippen LogP contribution in [0.25, 0.3) is 11.3 Å². The van der Waals surface area contributed by atoms with Crippen molar-refractivity contribution in [1.82, 2.24) is 10.3 Å². The van der Waals surface area contributed by atoms with Crippen LogP contribution in [0.1, 0.15) is 16.9 Å². The predicted octanol–water partition coefficient (Wildman–Crippen LogP) is 2.25. The molecule has 28 heavy (non-hydrogen) atoms. The lowest BCUT2D eigenvalue weighted by atomic mass is 10.0. The number of carbonyl (C=O) groups excluding carboxylic acids is 1. The molecular formula is C19H22N4O5. The summed E-state index contributed by atoms with van der Waals surface area (Å²) >= 11 is 0. The van der Waals surface area contributed by atoms with Crippen molar-refractivity contribution in [3.8, 4) is 11.3 Å². The van der Waals surface area contributed by atoms with Crippen molar-refractivity contribution in [3.63, 3.8) is 0 Å². The molecule has 9 nitrogen and oxygen atoms in total. The number of ether oxygens (including phenoxy) is 1. The Labute approximate surface area is 162 Å². The van der Waals surface area contributed by atoms with E-state index in [1.54, 1.807) is 18.2 Å². The SMILES string of the molecule is Cc1cc(-c2ccc(/C=N/NC(=O)CN3CCOCC3)o2)c([N+](=O)[O-])cc1C. The summed E-state index contributed by atoms with van der Waals surface area (Å²) in [7, 11) is 0. The zero-order valence-electron chi connectivity index (χ0n) is 15.8. The van der Waals surface area contributed by atoms with Crippen LogP contribution >= 0.6 is 0 Å². The lowest BCUT2D eigenvalue weighted by Gasteiger charge is -2.25. The molecule has 2 aromatic rings. The van der Waals surface area contributed by atoms with Crippen LogP contribution in [0, 0.1) is 24.0 Å². The number of hydrogen-bond acceptors (Lipinski definition) is 7. The number of nitro groups is 1. The lowest BCUT2D eigenvalue weighted by Crippen LogP contribution is -2.42. The molecule has 9 heteroatoms. The Morgan fingerprint density at radius 1 is 1.29 bits per heavy atom. The molecular weight excluding hydrogens is 364 g/mol.